The molecule has 3 rings (SSSR count). The van der Waals surface area contributed by atoms with Crippen LogP contribution in [0.1, 0.15) is 17.5 Å². The average Bonchev–Trinajstić information content (AvgIpc) is 3.45. The number of nitrogens with zero attached hydrogens (tertiary/aromatic N) is 1. The molecule has 1 aliphatic carbocycles. The minimum Gasteiger partial charge on any atom is -0.356 e. The number of nitriles is 1. The number of anilines is 1. The molecule has 2 aromatic carbocycles. The topological polar surface area (TPSA) is 82.0 Å². The summed E-state index contributed by atoms with van der Waals surface area (Å²) in [7, 11) is 0. The Bertz CT molecular complexity index is 858. The first-order chi connectivity index (χ1) is 12.6. The molecule has 5 nitrogen and oxygen atoms in total. The summed E-state index contributed by atoms with van der Waals surface area (Å²) in [5.41, 5.74) is 1.98. The molecule has 26 heavy (non-hydrogen) atoms. The number of nitrogens with one attached hydrogen (secondary N) is 2. The predicted molar refractivity (Wildman–Crippen MR) is 99.5 cm³/mol. The van der Waals surface area contributed by atoms with E-state index in [1.807, 2.05) is 30.3 Å². The van der Waals surface area contributed by atoms with Gasteiger partial charge in [0.2, 0.25) is 11.8 Å². The van der Waals surface area contributed by atoms with Crippen LogP contribution in [0.5, 0.6) is 0 Å². The zero-order valence-corrected chi connectivity index (χ0v) is 14.8. The largest absolute Gasteiger partial charge is 0.356 e. The van der Waals surface area contributed by atoms with Crippen LogP contribution < -0.4 is 10.6 Å². The maximum Gasteiger partial charge on any atom is 0.228 e. The highest BCUT2D eigenvalue weighted by atomic mass is 35.5. The fraction of sp³-hybridized carbons (Fsp3) is 0.250. The van der Waals surface area contributed by atoms with Gasteiger partial charge in [0, 0.05) is 11.6 Å². The monoisotopic (exact) mass is 367 g/mol. The van der Waals surface area contributed by atoms with Crippen molar-refractivity contribution in [3.63, 3.8) is 0 Å². The molecule has 0 radical (unpaired) electrons. The van der Waals surface area contributed by atoms with Crippen molar-refractivity contribution < 1.29 is 9.59 Å². The van der Waals surface area contributed by atoms with Crippen molar-refractivity contribution in [1.82, 2.24) is 5.32 Å². The van der Waals surface area contributed by atoms with Gasteiger partial charge in [0.25, 0.3) is 0 Å². The second kappa shape index (κ2) is 8.03. The molecule has 1 saturated carbocycles. The van der Waals surface area contributed by atoms with Crippen LogP contribution in [0, 0.1) is 23.2 Å². The quantitative estimate of drug-likeness (QED) is 0.822. The van der Waals surface area contributed by atoms with Gasteiger partial charge in [0.1, 0.15) is 6.07 Å². The molecule has 0 aliphatic heterocycles. The van der Waals surface area contributed by atoms with Gasteiger partial charge in [-0.1, -0.05) is 35.9 Å². The number of halogens is 1. The van der Waals surface area contributed by atoms with Crippen LogP contribution in [0.2, 0.25) is 5.02 Å². The predicted octanol–water partition coefficient (Wildman–Crippen LogP) is 3.15. The molecule has 1 aliphatic rings. The summed E-state index contributed by atoms with van der Waals surface area (Å²) in [6, 6.07) is 16.3. The standard InChI is InChI=1S/C20H18ClN3O2/c21-15-7-5-13(6-8-15)9-10-23-19(25)16-11-17(16)20(26)24-18-4-2-1-3-14(18)12-22/h1-8,16-17H,9-11H2,(H,23,25)(H,24,26). The fourth-order valence-electron chi connectivity index (χ4n) is 2.80. The Morgan fingerprint density at radius 2 is 1.77 bits per heavy atom. The summed E-state index contributed by atoms with van der Waals surface area (Å²) in [6.07, 6.45) is 1.25. The van der Waals surface area contributed by atoms with E-state index in [0.717, 1.165) is 5.56 Å². The molecule has 2 amide bonds. The molecule has 1 fully saturated rings. The molecule has 0 spiro atoms. The Kier molecular flexibility index (Phi) is 5.55. The summed E-state index contributed by atoms with van der Waals surface area (Å²) in [4.78, 5) is 24.4. The molecule has 0 heterocycles. The second-order valence-electron chi connectivity index (χ2n) is 6.26. The highest BCUT2D eigenvalue weighted by Gasteiger charge is 2.47. The molecular weight excluding hydrogens is 350 g/mol. The van der Waals surface area contributed by atoms with Gasteiger partial charge in [-0.3, -0.25) is 9.59 Å². The van der Waals surface area contributed by atoms with Gasteiger partial charge < -0.3 is 10.6 Å². The minimum atomic E-state index is -0.336. The number of benzene rings is 2. The average molecular weight is 368 g/mol. The molecular formula is C20H18ClN3O2. The van der Waals surface area contributed by atoms with E-state index in [1.165, 1.54) is 0 Å². The Labute approximate surface area is 157 Å². The van der Waals surface area contributed by atoms with Crippen molar-refractivity contribution >= 4 is 29.1 Å². The van der Waals surface area contributed by atoms with Crippen molar-refractivity contribution in [2.45, 2.75) is 12.8 Å². The van der Waals surface area contributed by atoms with E-state index in [0.29, 0.717) is 35.7 Å². The van der Waals surface area contributed by atoms with Crippen molar-refractivity contribution in [2.75, 3.05) is 11.9 Å². The Balaban J connectivity index is 1.45. The zero-order valence-electron chi connectivity index (χ0n) is 14.0. The van der Waals surface area contributed by atoms with Crippen LogP contribution in [-0.4, -0.2) is 18.4 Å². The van der Waals surface area contributed by atoms with Crippen LogP contribution in [0.15, 0.2) is 48.5 Å². The molecule has 0 aromatic heterocycles. The zero-order chi connectivity index (χ0) is 18.5. The maximum absolute atomic E-state index is 12.3. The van der Waals surface area contributed by atoms with Gasteiger partial charge >= 0.3 is 0 Å². The van der Waals surface area contributed by atoms with Crippen LogP contribution in [-0.2, 0) is 16.0 Å². The Morgan fingerprint density at radius 3 is 2.50 bits per heavy atom. The van der Waals surface area contributed by atoms with Crippen molar-refractivity contribution in [3.05, 3.63) is 64.7 Å². The molecule has 6 heteroatoms. The Morgan fingerprint density at radius 1 is 1.08 bits per heavy atom. The fourth-order valence-corrected chi connectivity index (χ4v) is 2.93. The number of carbonyl (C=O) groups is 2. The van der Waals surface area contributed by atoms with Crippen LogP contribution in [0.3, 0.4) is 0 Å². The molecule has 132 valence electrons. The molecule has 0 saturated heterocycles. The molecule has 2 aromatic rings. The van der Waals surface area contributed by atoms with Gasteiger partial charge in [-0.05, 0) is 42.7 Å². The highest BCUT2D eigenvalue weighted by Crippen LogP contribution is 2.39. The summed E-state index contributed by atoms with van der Waals surface area (Å²) >= 11 is 5.84. The third-order valence-corrected chi connectivity index (χ3v) is 4.65. The first-order valence-electron chi connectivity index (χ1n) is 8.40. The van der Waals surface area contributed by atoms with E-state index < -0.39 is 0 Å². The summed E-state index contributed by atoms with van der Waals surface area (Å²) in [5.74, 6) is -0.954. The van der Waals surface area contributed by atoms with E-state index >= 15 is 0 Å². The van der Waals surface area contributed by atoms with E-state index in [-0.39, 0.29) is 23.7 Å². The molecule has 0 bridgehead atoms. The number of carbonyl (C=O) groups excluding carboxylic acids is 2. The summed E-state index contributed by atoms with van der Waals surface area (Å²) in [6.45, 7) is 0.516. The second-order valence-corrected chi connectivity index (χ2v) is 6.70. The van der Waals surface area contributed by atoms with Crippen molar-refractivity contribution in [3.8, 4) is 6.07 Å². The number of hydrogen-bond donors (Lipinski definition) is 2. The van der Waals surface area contributed by atoms with Gasteiger partial charge in [-0.25, -0.2) is 0 Å². The Hall–Kier alpha value is -2.84. The van der Waals surface area contributed by atoms with Crippen molar-refractivity contribution in [1.29, 1.82) is 5.26 Å². The number of rotatable bonds is 6. The van der Waals surface area contributed by atoms with Crippen LogP contribution in [0.25, 0.3) is 0 Å². The maximum atomic E-state index is 12.3. The lowest BCUT2D eigenvalue weighted by atomic mass is 10.1. The van der Waals surface area contributed by atoms with Crippen molar-refractivity contribution in [2.24, 2.45) is 11.8 Å². The van der Waals surface area contributed by atoms with Gasteiger partial charge in [0.15, 0.2) is 0 Å². The van der Waals surface area contributed by atoms with Gasteiger partial charge in [-0.2, -0.15) is 5.26 Å². The first-order valence-corrected chi connectivity index (χ1v) is 8.78. The van der Waals surface area contributed by atoms with E-state index in [4.69, 9.17) is 16.9 Å². The number of amides is 2. The molecule has 2 N–H and O–H groups in total. The third-order valence-electron chi connectivity index (χ3n) is 4.40. The lowest BCUT2D eigenvalue weighted by Crippen LogP contribution is -2.29. The van der Waals surface area contributed by atoms with E-state index in [9.17, 15) is 9.59 Å². The lowest BCUT2D eigenvalue weighted by molar-refractivity contribution is -0.125. The van der Waals surface area contributed by atoms with Crippen LogP contribution in [0.4, 0.5) is 5.69 Å². The normalized spacial score (nSPS) is 17.8. The SMILES string of the molecule is N#Cc1ccccc1NC(=O)C1CC1C(=O)NCCc1ccc(Cl)cc1. The molecule has 2 atom stereocenters. The van der Waals surface area contributed by atoms with E-state index in [2.05, 4.69) is 10.6 Å². The smallest absolute Gasteiger partial charge is 0.228 e. The number of para-hydroxylation sites is 1. The number of hydrogen-bond acceptors (Lipinski definition) is 3. The summed E-state index contributed by atoms with van der Waals surface area (Å²) < 4.78 is 0. The molecule has 2 unspecified atom stereocenters. The highest BCUT2D eigenvalue weighted by molar-refractivity contribution is 6.30. The van der Waals surface area contributed by atoms with Gasteiger partial charge in [0.05, 0.1) is 23.1 Å². The third kappa shape index (κ3) is 4.41. The lowest BCUT2D eigenvalue weighted by Gasteiger charge is -2.07. The first kappa shape index (κ1) is 18.0. The van der Waals surface area contributed by atoms with E-state index in [1.54, 1.807) is 24.3 Å². The summed E-state index contributed by atoms with van der Waals surface area (Å²) in [5, 5.41) is 15.4. The van der Waals surface area contributed by atoms with Gasteiger partial charge in [-0.15, -0.1) is 0 Å². The van der Waals surface area contributed by atoms with Crippen LogP contribution >= 0.6 is 11.6 Å². The minimum absolute atomic E-state index is 0.104.